The molecule has 0 atom stereocenters. The SMILES string of the molecule is CN(CCc1ccncc1)c1ccc(C(=O)NCc2ccccc2F)cn1. The quantitative estimate of drug-likeness (QED) is 0.699. The molecule has 0 bridgehead atoms. The fraction of sp³-hybridized carbons (Fsp3) is 0.190. The Hall–Kier alpha value is -3.28. The van der Waals surface area contributed by atoms with E-state index in [4.69, 9.17) is 0 Å². The molecule has 27 heavy (non-hydrogen) atoms. The summed E-state index contributed by atoms with van der Waals surface area (Å²) in [7, 11) is 1.96. The maximum absolute atomic E-state index is 13.6. The van der Waals surface area contributed by atoms with Gasteiger partial charge in [-0.05, 0) is 42.3 Å². The second-order valence-corrected chi connectivity index (χ2v) is 6.21. The molecule has 2 heterocycles. The molecule has 0 fully saturated rings. The fourth-order valence-corrected chi connectivity index (χ4v) is 2.63. The Kier molecular flexibility index (Phi) is 6.10. The number of likely N-dealkylation sites (N-methyl/N-ethyl adjacent to an activating group) is 1. The Labute approximate surface area is 157 Å². The molecule has 0 radical (unpaired) electrons. The topological polar surface area (TPSA) is 58.1 Å². The monoisotopic (exact) mass is 364 g/mol. The third kappa shape index (κ3) is 5.10. The lowest BCUT2D eigenvalue weighted by Gasteiger charge is -2.18. The van der Waals surface area contributed by atoms with Crippen LogP contribution in [0.2, 0.25) is 0 Å². The van der Waals surface area contributed by atoms with Crippen LogP contribution in [-0.2, 0) is 13.0 Å². The van der Waals surface area contributed by atoms with E-state index in [2.05, 4.69) is 15.3 Å². The van der Waals surface area contributed by atoms with Crippen LogP contribution in [0.4, 0.5) is 10.2 Å². The van der Waals surface area contributed by atoms with E-state index < -0.39 is 0 Å². The molecule has 1 N–H and O–H groups in total. The molecule has 0 saturated heterocycles. The molecule has 0 aliphatic heterocycles. The minimum absolute atomic E-state index is 0.138. The van der Waals surface area contributed by atoms with Crippen LogP contribution in [0.15, 0.2) is 67.1 Å². The molecule has 1 aromatic carbocycles. The van der Waals surface area contributed by atoms with E-state index in [0.717, 1.165) is 18.8 Å². The van der Waals surface area contributed by atoms with Crippen molar-refractivity contribution in [3.63, 3.8) is 0 Å². The van der Waals surface area contributed by atoms with Crippen LogP contribution in [0.25, 0.3) is 0 Å². The Morgan fingerprint density at radius 3 is 2.59 bits per heavy atom. The highest BCUT2D eigenvalue weighted by Crippen LogP contribution is 2.11. The number of hydrogen-bond acceptors (Lipinski definition) is 4. The zero-order valence-corrected chi connectivity index (χ0v) is 15.1. The summed E-state index contributed by atoms with van der Waals surface area (Å²) in [5.74, 6) is 0.175. The van der Waals surface area contributed by atoms with Gasteiger partial charge in [0.1, 0.15) is 11.6 Å². The van der Waals surface area contributed by atoms with E-state index >= 15 is 0 Å². The molecule has 3 rings (SSSR count). The predicted molar refractivity (Wildman–Crippen MR) is 103 cm³/mol. The number of nitrogens with zero attached hydrogens (tertiary/aromatic N) is 3. The average molecular weight is 364 g/mol. The van der Waals surface area contributed by atoms with Crippen LogP contribution in [0.1, 0.15) is 21.5 Å². The lowest BCUT2D eigenvalue weighted by molar-refractivity contribution is 0.0950. The molecular weight excluding hydrogens is 343 g/mol. The smallest absolute Gasteiger partial charge is 0.253 e. The largest absolute Gasteiger partial charge is 0.359 e. The van der Waals surface area contributed by atoms with Crippen molar-refractivity contribution in [2.45, 2.75) is 13.0 Å². The number of amides is 1. The second-order valence-electron chi connectivity index (χ2n) is 6.21. The maximum atomic E-state index is 13.6. The summed E-state index contributed by atoms with van der Waals surface area (Å²) in [4.78, 5) is 22.6. The summed E-state index contributed by atoms with van der Waals surface area (Å²) in [5, 5.41) is 2.71. The van der Waals surface area contributed by atoms with Crippen LogP contribution >= 0.6 is 0 Å². The lowest BCUT2D eigenvalue weighted by atomic mass is 10.2. The highest BCUT2D eigenvalue weighted by Gasteiger charge is 2.09. The van der Waals surface area contributed by atoms with Crippen molar-refractivity contribution in [3.05, 3.63) is 89.6 Å². The number of nitrogens with one attached hydrogen (secondary N) is 1. The molecule has 0 saturated carbocycles. The Balaban J connectivity index is 1.54. The Bertz CT molecular complexity index is 884. The number of anilines is 1. The van der Waals surface area contributed by atoms with E-state index in [1.807, 2.05) is 30.1 Å². The van der Waals surface area contributed by atoms with Gasteiger partial charge in [0, 0.05) is 44.3 Å². The van der Waals surface area contributed by atoms with Gasteiger partial charge in [0.05, 0.1) is 5.56 Å². The van der Waals surface area contributed by atoms with Crippen LogP contribution in [0.3, 0.4) is 0 Å². The van der Waals surface area contributed by atoms with Gasteiger partial charge in [0.15, 0.2) is 0 Å². The summed E-state index contributed by atoms with van der Waals surface area (Å²) in [6.45, 7) is 0.939. The first-order chi connectivity index (χ1) is 13.1. The van der Waals surface area contributed by atoms with Crippen molar-refractivity contribution < 1.29 is 9.18 Å². The van der Waals surface area contributed by atoms with Crippen LogP contribution in [-0.4, -0.2) is 29.5 Å². The molecule has 6 heteroatoms. The summed E-state index contributed by atoms with van der Waals surface area (Å²) >= 11 is 0. The zero-order valence-electron chi connectivity index (χ0n) is 15.1. The highest BCUT2D eigenvalue weighted by atomic mass is 19.1. The number of carbonyl (C=O) groups excluding carboxylic acids is 1. The van der Waals surface area contributed by atoms with Crippen LogP contribution < -0.4 is 10.2 Å². The summed E-state index contributed by atoms with van der Waals surface area (Å²) in [5.41, 5.74) is 2.10. The van der Waals surface area contributed by atoms with Crippen LogP contribution in [0, 0.1) is 5.82 Å². The first-order valence-electron chi connectivity index (χ1n) is 8.71. The van der Waals surface area contributed by atoms with Gasteiger partial charge < -0.3 is 10.2 Å². The molecular formula is C21H21FN4O. The Morgan fingerprint density at radius 2 is 1.89 bits per heavy atom. The lowest BCUT2D eigenvalue weighted by Crippen LogP contribution is -2.24. The van der Waals surface area contributed by atoms with Gasteiger partial charge in [0.25, 0.3) is 5.91 Å². The van der Waals surface area contributed by atoms with Crippen molar-refractivity contribution in [1.29, 1.82) is 0 Å². The minimum atomic E-state index is -0.331. The number of rotatable bonds is 7. The zero-order chi connectivity index (χ0) is 19.1. The second kappa shape index (κ2) is 8.89. The fourth-order valence-electron chi connectivity index (χ4n) is 2.63. The van der Waals surface area contributed by atoms with Gasteiger partial charge >= 0.3 is 0 Å². The van der Waals surface area contributed by atoms with E-state index in [0.29, 0.717) is 11.1 Å². The van der Waals surface area contributed by atoms with Gasteiger partial charge in [-0.3, -0.25) is 9.78 Å². The molecule has 5 nitrogen and oxygen atoms in total. The molecule has 3 aromatic rings. The van der Waals surface area contributed by atoms with Gasteiger partial charge in [0.2, 0.25) is 0 Å². The predicted octanol–water partition coefficient (Wildman–Crippen LogP) is 3.22. The van der Waals surface area contributed by atoms with Gasteiger partial charge in [-0.25, -0.2) is 9.37 Å². The number of pyridine rings is 2. The van der Waals surface area contributed by atoms with E-state index in [1.54, 1.807) is 36.7 Å². The van der Waals surface area contributed by atoms with Crippen molar-refractivity contribution in [3.8, 4) is 0 Å². The molecule has 1 amide bonds. The molecule has 2 aromatic heterocycles. The van der Waals surface area contributed by atoms with Crippen LogP contribution in [0.5, 0.6) is 0 Å². The minimum Gasteiger partial charge on any atom is -0.359 e. The number of benzene rings is 1. The summed E-state index contributed by atoms with van der Waals surface area (Å²) in [6.07, 6.45) is 5.98. The van der Waals surface area contributed by atoms with Crippen molar-refractivity contribution >= 4 is 11.7 Å². The number of carbonyl (C=O) groups is 1. The van der Waals surface area contributed by atoms with Crippen molar-refractivity contribution in [1.82, 2.24) is 15.3 Å². The molecule has 0 unspecified atom stereocenters. The van der Waals surface area contributed by atoms with E-state index in [1.165, 1.54) is 17.8 Å². The maximum Gasteiger partial charge on any atom is 0.253 e. The summed E-state index contributed by atoms with van der Waals surface area (Å²) < 4.78 is 13.6. The molecule has 0 aliphatic rings. The summed E-state index contributed by atoms with van der Waals surface area (Å²) in [6, 6.07) is 13.9. The molecule has 0 spiro atoms. The highest BCUT2D eigenvalue weighted by molar-refractivity contribution is 5.94. The van der Waals surface area contributed by atoms with Gasteiger partial charge in [-0.1, -0.05) is 18.2 Å². The standard InChI is InChI=1S/C21H21FN4O/c1-26(13-10-16-8-11-23-12-9-16)20-7-6-18(15-24-20)21(27)25-14-17-4-2-3-5-19(17)22/h2-9,11-12,15H,10,13-14H2,1H3,(H,25,27). The average Bonchev–Trinajstić information content (AvgIpc) is 2.72. The van der Waals surface area contributed by atoms with E-state index in [9.17, 15) is 9.18 Å². The Morgan fingerprint density at radius 1 is 1.11 bits per heavy atom. The molecule has 138 valence electrons. The van der Waals surface area contributed by atoms with Crippen molar-refractivity contribution in [2.24, 2.45) is 0 Å². The first-order valence-corrected chi connectivity index (χ1v) is 8.71. The van der Waals surface area contributed by atoms with Crippen molar-refractivity contribution in [2.75, 3.05) is 18.5 Å². The van der Waals surface area contributed by atoms with Gasteiger partial charge in [-0.2, -0.15) is 0 Å². The normalized spacial score (nSPS) is 10.4. The van der Waals surface area contributed by atoms with E-state index in [-0.39, 0.29) is 18.3 Å². The third-order valence-electron chi connectivity index (χ3n) is 4.28. The number of hydrogen-bond donors (Lipinski definition) is 1. The third-order valence-corrected chi connectivity index (χ3v) is 4.28. The number of halogens is 1. The molecule has 0 aliphatic carbocycles. The number of aromatic nitrogens is 2. The first kappa shape index (κ1) is 18.5. The van der Waals surface area contributed by atoms with Gasteiger partial charge in [-0.15, -0.1) is 0 Å².